The topological polar surface area (TPSA) is 46.2 Å². The fourth-order valence-electron chi connectivity index (χ4n) is 1.64. The molecule has 3 N–H and O–H groups in total. The Labute approximate surface area is 96.0 Å². The number of aliphatic hydroxyl groups excluding tert-OH is 1. The molecule has 2 rings (SSSR count). The molecule has 1 heterocycles. The Bertz CT molecular complexity index is 345. The number of fused-ring (bicyclic) bond motifs is 1. The van der Waals surface area contributed by atoms with Gasteiger partial charge in [0.2, 0.25) is 0 Å². The van der Waals surface area contributed by atoms with Crippen molar-refractivity contribution < 1.29 is 5.11 Å². The van der Waals surface area contributed by atoms with E-state index < -0.39 is 6.10 Å². The van der Waals surface area contributed by atoms with Crippen LogP contribution in [0.1, 0.15) is 11.7 Å². The van der Waals surface area contributed by atoms with Crippen LogP contribution in [0, 0.1) is 5.92 Å². The van der Waals surface area contributed by atoms with Gasteiger partial charge in [0.05, 0.1) is 6.10 Å². The lowest BCUT2D eigenvalue weighted by Crippen LogP contribution is -2.27. The summed E-state index contributed by atoms with van der Waals surface area (Å²) in [7, 11) is 0. The molecule has 2 atom stereocenters. The van der Waals surface area contributed by atoms with Crippen LogP contribution >= 0.6 is 27.7 Å². The van der Waals surface area contributed by atoms with Gasteiger partial charge in [0.1, 0.15) is 0 Å². The van der Waals surface area contributed by atoms with E-state index in [0.29, 0.717) is 6.54 Å². The molecule has 0 saturated heterocycles. The van der Waals surface area contributed by atoms with Crippen LogP contribution in [0.4, 0.5) is 0 Å². The Morgan fingerprint density at radius 3 is 3.07 bits per heavy atom. The van der Waals surface area contributed by atoms with Gasteiger partial charge in [-0.05, 0) is 34.1 Å². The Morgan fingerprint density at radius 1 is 1.57 bits per heavy atom. The Morgan fingerprint density at radius 2 is 2.36 bits per heavy atom. The van der Waals surface area contributed by atoms with E-state index in [1.807, 2.05) is 18.2 Å². The lowest BCUT2D eigenvalue weighted by Gasteiger charge is -2.29. The van der Waals surface area contributed by atoms with E-state index >= 15 is 0 Å². The van der Waals surface area contributed by atoms with Crippen LogP contribution in [0.25, 0.3) is 0 Å². The Kier molecular flexibility index (Phi) is 3.17. The minimum absolute atomic E-state index is 0.182. The zero-order valence-electron chi connectivity index (χ0n) is 7.61. The summed E-state index contributed by atoms with van der Waals surface area (Å²) in [6, 6.07) is 5.92. The Hall–Kier alpha value is -0.0300. The largest absolute Gasteiger partial charge is 0.388 e. The van der Waals surface area contributed by atoms with Crippen molar-refractivity contribution in [3.05, 3.63) is 28.2 Å². The molecule has 0 fully saturated rings. The van der Waals surface area contributed by atoms with Gasteiger partial charge in [-0.15, -0.1) is 11.8 Å². The van der Waals surface area contributed by atoms with E-state index in [-0.39, 0.29) is 5.92 Å². The average molecular weight is 274 g/mol. The van der Waals surface area contributed by atoms with E-state index in [2.05, 4.69) is 15.9 Å². The molecule has 0 amide bonds. The lowest BCUT2D eigenvalue weighted by molar-refractivity contribution is 0.119. The van der Waals surface area contributed by atoms with Crippen LogP contribution in [0.2, 0.25) is 0 Å². The molecule has 0 aromatic heterocycles. The van der Waals surface area contributed by atoms with Crippen LogP contribution in [0.3, 0.4) is 0 Å². The van der Waals surface area contributed by atoms with E-state index in [4.69, 9.17) is 5.73 Å². The molecule has 1 aliphatic heterocycles. The van der Waals surface area contributed by atoms with Gasteiger partial charge < -0.3 is 10.8 Å². The van der Waals surface area contributed by atoms with Gasteiger partial charge in [-0.25, -0.2) is 0 Å². The SMILES string of the molecule is NCC1CSc2c(Br)cccc2C1O. The maximum Gasteiger partial charge on any atom is 0.0849 e. The molecule has 0 aliphatic carbocycles. The summed E-state index contributed by atoms with van der Waals surface area (Å²) in [6.07, 6.45) is -0.409. The summed E-state index contributed by atoms with van der Waals surface area (Å²) < 4.78 is 1.06. The van der Waals surface area contributed by atoms with E-state index in [0.717, 1.165) is 20.7 Å². The molecule has 0 radical (unpaired) electrons. The van der Waals surface area contributed by atoms with Crippen LogP contribution in [0.5, 0.6) is 0 Å². The molecule has 14 heavy (non-hydrogen) atoms. The van der Waals surface area contributed by atoms with Gasteiger partial charge in [-0.1, -0.05) is 12.1 Å². The fraction of sp³-hybridized carbons (Fsp3) is 0.400. The summed E-state index contributed by atoms with van der Waals surface area (Å²) in [5, 5.41) is 10.0. The highest BCUT2D eigenvalue weighted by molar-refractivity contribution is 9.10. The van der Waals surface area contributed by atoms with Gasteiger partial charge in [-0.2, -0.15) is 0 Å². The van der Waals surface area contributed by atoms with Crippen LogP contribution in [-0.2, 0) is 0 Å². The molecule has 1 aromatic carbocycles. The predicted octanol–water partition coefficient (Wildman–Crippen LogP) is 2.16. The summed E-state index contributed by atoms with van der Waals surface area (Å²) >= 11 is 5.25. The van der Waals surface area contributed by atoms with Crippen molar-refractivity contribution in [3.63, 3.8) is 0 Å². The molecule has 4 heteroatoms. The van der Waals surface area contributed by atoms with Crippen LogP contribution in [-0.4, -0.2) is 17.4 Å². The van der Waals surface area contributed by atoms with E-state index in [9.17, 15) is 5.11 Å². The fourth-order valence-corrected chi connectivity index (χ4v) is 3.63. The number of halogens is 1. The summed E-state index contributed by atoms with van der Waals surface area (Å²) in [6.45, 7) is 0.542. The molecule has 2 nitrogen and oxygen atoms in total. The van der Waals surface area contributed by atoms with Crippen molar-refractivity contribution in [1.82, 2.24) is 0 Å². The van der Waals surface area contributed by atoms with E-state index in [1.165, 1.54) is 0 Å². The molecule has 0 spiro atoms. The minimum atomic E-state index is -0.409. The zero-order valence-corrected chi connectivity index (χ0v) is 10.0. The third kappa shape index (κ3) is 1.72. The van der Waals surface area contributed by atoms with Crippen molar-refractivity contribution >= 4 is 27.7 Å². The maximum absolute atomic E-state index is 10.0. The number of thioether (sulfide) groups is 1. The standard InChI is InChI=1S/C10H12BrNOS/c11-8-3-1-2-7-9(13)6(4-12)5-14-10(7)8/h1-3,6,9,13H,4-5,12H2. The van der Waals surface area contributed by atoms with Crippen molar-refractivity contribution in [3.8, 4) is 0 Å². The summed E-state index contributed by atoms with van der Waals surface area (Å²) in [5.74, 6) is 1.08. The monoisotopic (exact) mass is 273 g/mol. The zero-order chi connectivity index (χ0) is 10.1. The second kappa shape index (κ2) is 4.23. The first-order valence-corrected chi connectivity index (χ1v) is 6.31. The smallest absolute Gasteiger partial charge is 0.0849 e. The number of benzene rings is 1. The number of rotatable bonds is 1. The number of hydrogen-bond donors (Lipinski definition) is 2. The van der Waals surface area contributed by atoms with Gasteiger partial charge in [-0.3, -0.25) is 0 Å². The lowest BCUT2D eigenvalue weighted by atomic mass is 9.97. The number of aliphatic hydroxyl groups is 1. The van der Waals surface area contributed by atoms with Crippen molar-refractivity contribution in [1.29, 1.82) is 0 Å². The first kappa shape index (κ1) is 10.5. The number of nitrogens with two attached hydrogens (primary N) is 1. The van der Waals surface area contributed by atoms with Crippen molar-refractivity contribution in [2.75, 3.05) is 12.3 Å². The van der Waals surface area contributed by atoms with Gasteiger partial charge in [0, 0.05) is 21.0 Å². The molecule has 1 aromatic rings. The summed E-state index contributed by atoms with van der Waals surface area (Å²) in [4.78, 5) is 1.16. The van der Waals surface area contributed by atoms with Gasteiger partial charge in [0.25, 0.3) is 0 Å². The van der Waals surface area contributed by atoms with Crippen molar-refractivity contribution in [2.24, 2.45) is 11.7 Å². The van der Waals surface area contributed by atoms with Crippen LogP contribution < -0.4 is 5.73 Å². The van der Waals surface area contributed by atoms with Crippen molar-refractivity contribution in [2.45, 2.75) is 11.0 Å². The quantitative estimate of drug-likeness (QED) is 0.825. The molecule has 0 bridgehead atoms. The molecule has 0 saturated carbocycles. The minimum Gasteiger partial charge on any atom is -0.388 e. The first-order valence-electron chi connectivity index (χ1n) is 4.53. The van der Waals surface area contributed by atoms with Gasteiger partial charge >= 0.3 is 0 Å². The highest BCUT2D eigenvalue weighted by Gasteiger charge is 2.28. The molecular formula is C10H12BrNOS. The normalized spacial score (nSPS) is 25.9. The number of hydrogen-bond acceptors (Lipinski definition) is 3. The second-order valence-corrected chi connectivity index (χ2v) is 5.29. The average Bonchev–Trinajstić information content (AvgIpc) is 2.20. The summed E-state index contributed by atoms with van der Waals surface area (Å²) in [5.41, 5.74) is 6.61. The highest BCUT2D eigenvalue weighted by atomic mass is 79.9. The van der Waals surface area contributed by atoms with Gasteiger partial charge in [0.15, 0.2) is 0 Å². The molecule has 76 valence electrons. The second-order valence-electron chi connectivity index (χ2n) is 3.41. The van der Waals surface area contributed by atoms with E-state index in [1.54, 1.807) is 11.8 Å². The molecule has 2 unspecified atom stereocenters. The van der Waals surface area contributed by atoms with Crippen LogP contribution in [0.15, 0.2) is 27.6 Å². The molecular weight excluding hydrogens is 262 g/mol. The maximum atomic E-state index is 10.0. The predicted molar refractivity (Wildman–Crippen MR) is 62.4 cm³/mol. The Balaban J connectivity index is 2.41. The molecule has 1 aliphatic rings. The first-order chi connectivity index (χ1) is 6.74. The third-order valence-electron chi connectivity index (χ3n) is 2.51. The third-order valence-corrected chi connectivity index (χ3v) is 4.77. The highest BCUT2D eigenvalue weighted by Crippen LogP contribution is 2.42.